The zero-order valence-corrected chi connectivity index (χ0v) is 6.44. The molecule has 0 bridgehead atoms. The van der Waals surface area contributed by atoms with Gasteiger partial charge in [-0.05, 0) is 0 Å². The van der Waals surface area contributed by atoms with Crippen LogP contribution in [0, 0.1) is 0 Å². The first-order valence-corrected chi connectivity index (χ1v) is 0. The van der Waals surface area contributed by atoms with Crippen LogP contribution in [0.4, 0.5) is 0 Å². The quantitative estimate of drug-likeness (QED) is 0.274. The molecule has 0 aliphatic rings. The van der Waals surface area contributed by atoms with Gasteiger partial charge in [0.25, 0.3) is 0 Å². The summed E-state index contributed by atoms with van der Waals surface area (Å²) < 4.78 is 0. The third-order valence-electron chi connectivity index (χ3n) is 0. The van der Waals surface area contributed by atoms with Crippen molar-refractivity contribution in [1.82, 2.24) is 0 Å². The van der Waals surface area contributed by atoms with E-state index in [1.165, 1.54) is 0 Å². The Hall–Kier alpha value is 0.757. The summed E-state index contributed by atoms with van der Waals surface area (Å²) in [7, 11) is 0. The van der Waals surface area contributed by atoms with Gasteiger partial charge in [-0.25, -0.2) is 0 Å². The van der Waals surface area contributed by atoms with E-state index in [2.05, 4.69) is 0 Å². The maximum absolute atomic E-state index is 0. The van der Waals surface area contributed by atoms with Crippen molar-refractivity contribution in [2.45, 2.75) is 0 Å². The minimum absolute atomic E-state index is 0. The van der Waals surface area contributed by atoms with Gasteiger partial charge in [-0.15, -0.1) is 0 Å². The van der Waals surface area contributed by atoms with Crippen molar-refractivity contribution in [1.29, 1.82) is 0 Å². The Morgan fingerprint density at radius 1 is 0.333 bits per heavy atom. The topological polar surface area (TPSA) is 0 Å². The number of hydrogen-bond donors (Lipinski definition) is 0. The molecule has 0 spiro atoms. The van der Waals surface area contributed by atoms with Crippen LogP contribution in [0.2, 0.25) is 0 Å². The molecule has 0 saturated heterocycles. The van der Waals surface area contributed by atoms with Gasteiger partial charge in [0.2, 0.25) is 0 Å². The first kappa shape index (κ1) is 1310. The Morgan fingerprint density at radius 2 is 0.333 bits per heavy atom. The molecule has 0 nitrogen and oxygen atoms in total. The van der Waals surface area contributed by atoms with Crippen LogP contribution in [0.1, 0.15) is 0 Å². The van der Waals surface area contributed by atoms with Crippen LogP contribution in [0.3, 0.4) is 0 Å². The van der Waals surface area contributed by atoms with Crippen molar-refractivity contribution in [3.8, 4) is 0 Å². The van der Waals surface area contributed by atoms with E-state index in [-0.39, 0.29) is 72.0 Å². The minimum atomic E-state index is 0. The first-order chi connectivity index (χ1) is 0. The van der Waals surface area contributed by atoms with Gasteiger partial charge < -0.3 is 32.9 Å². The molecular formula is AlF7Ti-2. The fourth-order valence-electron chi connectivity index (χ4n) is 0. The normalized spacial score (nSPS) is 0. The second-order valence-electron chi connectivity index (χ2n) is 0. The van der Waals surface area contributed by atoms with Crippen molar-refractivity contribution in [3.63, 3.8) is 0 Å². The molecule has 0 aliphatic carbocycles. The molecule has 0 rings (SSSR count). The number of rotatable bonds is 0. The molecule has 9 heavy (non-hydrogen) atoms. The largest absolute Gasteiger partial charge is 3.00 e. The summed E-state index contributed by atoms with van der Waals surface area (Å²) in [5.41, 5.74) is 0. The smallest absolute Gasteiger partial charge is 1.00 e. The summed E-state index contributed by atoms with van der Waals surface area (Å²) in [6.45, 7) is 0. The predicted octanol–water partition coefficient (Wildman–Crippen LogP) is -21.4. The van der Waals surface area contributed by atoms with Crippen molar-refractivity contribution in [3.05, 3.63) is 0 Å². The van der Waals surface area contributed by atoms with Gasteiger partial charge in [-0.2, -0.15) is 0 Å². The van der Waals surface area contributed by atoms with Gasteiger partial charge in [0.15, 0.2) is 0 Å². The minimum Gasteiger partial charge on any atom is -1.00 e. The zero-order valence-electron chi connectivity index (χ0n) is 3.72. The monoisotopic (exact) mass is 208 g/mol. The van der Waals surface area contributed by atoms with E-state index in [1.807, 2.05) is 0 Å². The molecule has 0 unspecified atom stereocenters. The number of halogens is 7. The average Bonchev–Trinajstić information content (AvgIpc) is 0. The molecule has 58 valence electrons. The van der Waals surface area contributed by atoms with E-state index in [0.29, 0.717) is 0 Å². The van der Waals surface area contributed by atoms with E-state index >= 15 is 0 Å². The molecule has 0 aromatic heterocycles. The second kappa shape index (κ2) is 920. The Morgan fingerprint density at radius 3 is 0.333 bits per heavy atom. The molecule has 9 heteroatoms. The SMILES string of the molecule is [Al+3].[F-].[F-].[F-].[F-].[F-].[F-].[F-].[Ti+2]. The van der Waals surface area contributed by atoms with Gasteiger partial charge in [0, 0.05) is 0 Å². The third-order valence-corrected chi connectivity index (χ3v) is 0. The summed E-state index contributed by atoms with van der Waals surface area (Å²) in [5.74, 6) is 0. The summed E-state index contributed by atoms with van der Waals surface area (Å²) in [4.78, 5) is 0. The van der Waals surface area contributed by atoms with Gasteiger partial charge in [-0.3, -0.25) is 0 Å². The molecular weight excluding hydrogens is 208 g/mol. The summed E-state index contributed by atoms with van der Waals surface area (Å²) in [5, 5.41) is 0. The molecule has 0 N–H and O–H groups in total. The Bertz CT molecular complexity index is 8.88. The molecule has 0 radical (unpaired) electrons. The van der Waals surface area contributed by atoms with Gasteiger partial charge >= 0.3 is 39.1 Å². The summed E-state index contributed by atoms with van der Waals surface area (Å²) >= 11 is 0. The summed E-state index contributed by atoms with van der Waals surface area (Å²) in [6, 6.07) is 0. The van der Waals surface area contributed by atoms with Crippen LogP contribution in [0.15, 0.2) is 0 Å². The molecule has 0 aromatic rings. The Labute approximate surface area is 72.3 Å². The molecule has 0 aliphatic heterocycles. The van der Waals surface area contributed by atoms with Gasteiger partial charge in [-0.1, -0.05) is 0 Å². The van der Waals surface area contributed by atoms with Crippen molar-refractivity contribution in [2.75, 3.05) is 0 Å². The van der Waals surface area contributed by atoms with Crippen LogP contribution >= 0.6 is 0 Å². The zero-order chi connectivity index (χ0) is 0. The molecule has 0 atom stereocenters. The van der Waals surface area contributed by atoms with E-state index in [4.69, 9.17) is 0 Å². The average molecular weight is 208 g/mol. The predicted molar refractivity (Wildman–Crippen MR) is 5.75 cm³/mol. The Kier molecular flexibility index (Phi) is 134000. The fourth-order valence-corrected chi connectivity index (χ4v) is 0. The van der Waals surface area contributed by atoms with Crippen molar-refractivity contribution < 1.29 is 54.6 Å². The van der Waals surface area contributed by atoms with Crippen LogP contribution in [0.25, 0.3) is 0 Å². The maximum Gasteiger partial charge on any atom is 3.00 e. The van der Waals surface area contributed by atoms with Crippen LogP contribution in [0.5, 0.6) is 0 Å². The third kappa shape index (κ3) is 698. The maximum atomic E-state index is 0. The van der Waals surface area contributed by atoms with E-state index in [0.717, 1.165) is 0 Å². The van der Waals surface area contributed by atoms with Crippen LogP contribution < -0.4 is 32.9 Å². The van der Waals surface area contributed by atoms with E-state index in [9.17, 15) is 0 Å². The van der Waals surface area contributed by atoms with E-state index in [1.54, 1.807) is 0 Å². The first-order valence-electron chi connectivity index (χ1n) is 0. The van der Waals surface area contributed by atoms with Gasteiger partial charge in [0.05, 0.1) is 0 Å². The number of hydrogen-bond acceptors (Lipinski definition) is 0. The molecule has 0 fully saturated rings. The van der Waals surface area contributed by atoms with Crippen LogP contribution in [-0.2, 0) is 21.7 Å². The van der Waals surface area contributed by atoms with Crippen LogP contribution in [-0.4, -0.2) is 17.4 Å². The molecule has 0 heterocycles. The summed E-state index contributed by atoms with van der Waals surface area (Å²) in [6.07, 6.45) is 0. The molecule has 0 amide bonds. The van der Waals surface area contributed by atoms with Crippen molar-refractivity contribution in [2.24, 2.45) is 0 Å². The second-order valence-corrected chi connectivity index (χ2v) is 0. The standard InChI is InChI=1S/Al.7FH.Ti/h;7*1H;/q+3;;;;;;;;+2/p-7. The molecule has 0 aromatic carbocycles. The fraction of sp³-hybridized carbons (Fsp3) is 0. The van der Waals surface area contributed by atoms with E-state index < -0.39 is 0 Å². The molecule has 0 saturated carbocycles. The van der Waals surface area contributed by atoms with Crippen molar-refractivity contribution >= 4 is 17.4 Å². The van der Waals surface area contributed by atoms with Gasteiger partial charge in [0.1, 0.15) is 0 Å². The Balaban J connectivity index is 0.